The molecule has 28 heavy (non-hydrogen) atoms. The first-order valence-corrected chi connectivity index (χ1v) is 8.75. The summed E-state index contributed by atoms with van der Waals surface area (Å²) in [5, 5.41) is 13.8. The Bertz CT molecular complexity index is 1280. The smallest absolute Gasteiger partial charge is 0.325 e. The zero-order valence-electron chi connectivity index (χ0n) is 14.9. The minimum atomic E-state index is -0.593. The maximum absolute atomic E-state index is 12.1. The number of benzene rings is 1. The molecule has 0 saturated carbocycles. The summed E-state index contributed by atoms with van der Waals surface area (Å²) < 4.78 is 7.58. The van der Waals surface area contributed by atoms with Crippen molar-refractivity contribution in [3.63, 3.8) is 0 Å². The second kappa shape index (κ2) is 6.93. The highest BCUT2D eigenvalue weighted by molar-refractivity contribution is 6.30. The van der Waals surface area contributed by atoms with E-state index in [4.69, 9.17) is 16.3 Å². The van der Waals surface area contributed by atoms with Crippen molar-refractivity contribution < 1.29 is 4.74 Å². The number of aromatic amines is 2. The molecule has 1 aromatic carbocycles. The molecular formula is C18H15ClN6O3. The summed E-state index contributed by atoms with van der Waals surface area (Å²) in [5.41, 5.74) is 0.769. The van der Waals surface area contributed by atoms with Gasteiger partial charge in [0.25, 0.3) is 5.56 Å². The van der Waals surface area contributed by atoms with E-state index in [1.54, 1.807) is 29.9 Å². The van der Waals surface area contributed by atoms with E-state index >= 15 is 0 Å². The lowest BCUT2D eigenvalue weighted by Gasteiger charge is -2.13. The maximum Gasteiger partial charge on any atom is 0.325 e. The summed E-state index contributed by atoms with van der Waals surface area (Å²) in [6.07, 6.45) is 1.01. The van der Waals surface area contributed by atoms with Gasteiger partial charge in [-0.2, -0.15) is 0 Å². The summed E-state index contributed by atoms with van der Waals surface area (Å²) in [6, 6.07) is 8.99. The van der Waals surface area contributed by atoms with Gasteiger partial charge in [0.2, 0.25) is 5.88 Å². The second-order valence-corrected chi connectivity index (χ2v) is 6.63. The molecule has 0 aliphatic heterocycles. The van der Waals surface area contributed by atoms with Crippen molar-refractivity contribution in [2.75, 3.05) is 0 Å². The van der Waals surface area contributed by atoms with E-state index in [2.05, 4.69) is 25.3 Å². The first-order valence-electron chi connectivity index (χ1n) is 8.37. The average Bonchev–Trinajstić information content (AvgIpc) is 2.97. The zero-order valence-corrected chi connectivity index (χ0v) is 15.7. The van der Waals surface area contributed by atoms with Crippen LogP contribution in [0.1, 0.15) is 18.6 Å². The van der Waals surface area contributed by atoms with Crippen LogP contribution in [0.25, 0.3) is 22.3 Å². The van der Waals surface area contributed by atoms with Gasteiger partial charge < -0.3 is 9.72 Å². The van der Waals surface area contributed by atoms with Crippen LogP contribution in [0.4, 0.5) is 0 Å². The third-order valence-corrected chi connectivity index (χ3v) is 4.53. The summed E-state index contributed by atoms with van der Waals surface area (Å²) in [5.74, 6) is 0.358. The Morgan fingerprint density at radius 3 is 2.64 bits per heavy atom. The number of aryl methyl sites for hydroxylation is 1. The van der Waals surface area contributed by atoms with Crippen molar-refractivity contribution in [2.24, 2.45) is 7.05 Å². The molecule has 1 atom stereocenters. The third kappa shape index (κ3) is 3.27. The van der Waals surface area contributed by atoms with E-state index < -0.39 is 11.2 Å². The minimum absolute atomic E-state index is 0.189. The number of aromatic nitrogens is 6. The van der Waals surface area contributed by atoms with Gasteiger partial charge in [-0.3, -0.25) is 9.78 Å². The summed E-state index contributed by atoms with van der Waals surface area (Å²) in [6.45, 7) is 1.89. The van der Waals surface area contributed by atoms with E-state index in [1.807, 2.05) is 19.1 Å². The normalized spacial score (nSPS) is 12.2. The van der Waals surface area contributed by atoms with Crippen molar-refractivity contribution in [3.8, 4) is 17.1 Å². The first kappa shape index (κ1) is 17.9. The molecule has 1 unspecified atom stereocenters. The largest absolute Gasteiger partial charge is 0.468 e. The lowest BCUT2D eigenvalue weighted by atomic mass is 10.1. The van der Waals surface area contributed by atoms with Gasteiger partial charge in [-0.25, -0.2) is 9.48 Å². The fraction of sp³-hybridized carbons (Fsp3) is 0.167. The predicted octanol–water partition coefficient (Wildman–Crippen LogP) is 2.20. The number of H-pyrrole nitrogens is 2. The van der Waals surface area contributed by atoms with Crippen LogP contribution in [0.15, 0.2) is 46.1 Å². The van der Waals surface area contributed by atoms with E-state index in [0.717, 1.165) is 5.56 Å². The van der Waals surface area contributed by atoms with Crippen molar-refractivity contribution in [1.82, 2.24) is 29.9 Å². The van der Waals surface area contributed by atoms with Gasteiger partial charge in [0.15, 0.2) is 5.65 Å². The summed E-state index contributed by atoms with van der Waals surface area (Å²) in [4.78, 5) is 27.9. The van der Waals surface area contributed by atoms with E-state index in [0.29, 0.717) is 27.6 Å². The number of nitrogens with zero attached hydrogens (tertiary/aromatic N) is 4. The van der Waals surface area contributed by atoms with Crippen LogP contribution in [0.3, 0.4) is 0 Å². The van der Waals surface area contributed by atoms with Crippen molar-refractivity contribution in [1.29, 1.82) is 0 Å². The standard InChI is InChI=1S/C18H15ClN6O3/c1-9(10-3-5-11(19)6-4-10)28-17-12-7-14(22-23-15(12)25(2)24-17)13-8-20-18(27)21-16(13)26/h3-9H,1-2H3,(H2,20,21,26,27). The van der Waals surface area contributed by atoms with Gasteiger partial charge >= 0.3 is 5.69 Å². The number of rotatable bonds is 4. The highest BCUT2D eigenvalue weighted by atomic mass is 35.5. The Kier molecular flexibility index (Phi) is 4.44. The molecule has 142 valence electrons. The molecule has 0 spiro atoms. The van der Waals surface area contributed by atoms with Crippen LogP contribution in [0, 0.1) is 0 Å². The molecule has 2 N–H and O–H groups in total. The molecular weight excluding hydrogens is 384 g/mol. The van der Waals surface area contributed by atoms with Gasteiger partial charge in [-0.05, 0) is 30.7 Å². The topological polar surface area (TPSA) is 119 Å². The van der Waals surface area contributed by atoms with Crippen LogP contribution < -0.4 is 16.0 Å². The number of hydrogen-bond acceptors (Lipinski definition) is 6. The van der Waals surface area contributed by atoms with Gasteiger partial charge in [0.1, 0.15) is 11.8 Å². The van der Waals surface area contributed by atoms with E-state index in [-0.39, 0.29) is 11.7 Å². The summed E-state index contributed by atoms with van der Waals surface area (Å²) in [7, 11) is 1.73. The Balaban J connectivity index is 1.75. The van der Waals surface area contributed by atoms with Crippen LogP contribution in [0.2, 0.25) is 5.02 Å². The highest BCUT2D eigenvalue weighted by Crippen LogP contribution is 2.29. The molecule has 4 aromatic rings. The number of nitrogens with one attached hydrogen (secondary N) is 2. The molecule has 0 radical (unpaired) electrons. The maximum atomic E-state index is 12.1. The SMILES string of the molecule is CC(Oc1nn(C)c2nnc(-c3c[nH]c(=O)[nH]c3=O)cc12)c1ccc(Cl)cc1. The van der Waals surface area contributed by atoms with E-state index in [9.17, 15) is 9.59 Å². The molecule has 3 aromatic heterocycles. The van der Waals surface area contributed by atoms with Crippen molar-refractivity contribution >= 4 is 22.6 Å². The van der Waals surface area contributed by atoms with Crippen LogP contribution in [-0.4, -0.2) is 29.9 Å². The van der Waals surface area contributed by atoms with Crippen LogP contribution in [0.5, 0.6) is 5.88 Å². The monoisotopic (exact) mass is 398 g/mol. The van der Waals surface area contributed by atoms with Gasteiger partial charge in [0, 0.05) is 18.3 Å². The minimum Gasteiger partial charge on any atom is -0.468 e. The van der Waals surface area contributed by atoms with Gasteiger partial charge in [-0.15, -0.1) is 15.3 Å². The number of ether oxygens (including phenoxy) is 1. The number of fused-ring (bicyclic) bond motifs is 1. The predicted molar refractivity (Wildman–Crippen MR) is 103 cm³/mol. The molecule has 9 nitrogen and oxygen atoms in total. The quantitative estimate of drug-likeness (QED) is 0.544. The zero-order chi connectivity index (χ0) is 19.8. The van der Waals surface area contributed by atoms with Crippen LogP contribution in [-0.2, 0) is 7.05 Å². The fourth-order valence-electron chi connectivity index (χ4n) is 2.81. The molecule has 0 fully saturated rings. The van der Waals surface area contributed by atoms with Crippen LogP contribution >= 0.6 is 11.6 Å². The highest BCUT2D eigenvalue weighted by Gasteiger charge is 2.18. The van der Waals surface area contributed by atoms with Gasteiger partial charge in [-0.1, -0.05) is 23.7 Å². The molecule has 0 saturated heterocycles. The molecule has 0 amide bonds. The lowest BCUT2D eigenvalue weighted by molar-refractivity contribution is 0.218. The molecule has 0 aliphatic carbocycles. The Morgan fingerprint density at radius 1 is 1.18 bits per heavy atom. The van der Waals surface area contributed by atoms with E-state index in [1.165, 1.54) is 6.20 Å². The second-order valence-electron chi connectivity index (χ2n) is 6.19. The fourth-order valence-corrected chi connectivity index (χ4v) is 2.93. The van der Waals surface area contributed by atoms with Gasteiger partial charge in [0.05, 0.1) is 10.9 Å². The Labute approximate surface area is 163 Å². The molecule has 3 heterocycles. The van der Waals surface area contributed by atoms with Crippen molar-refractivity contribution in [3.05, 3.63) is 68.0 Å². The molecule has 10 heteroatoms. The Morgan fingerprint density at radius 2 is 1.93 bits per heavy atom. The molecule has 4 rings (SSSR count). The molecule has 0 bridgehead atoms. The third-order valence-electron chi connectivity index (χ3n) is 4.28. The lowest BCUT2D eigenvalue weighted by Crippen LogP contribution is -2.22. The summed E-state index contributed by atoms with van der Waals surface area (Å²) >= 11 is 5.93. The number of halogens is 1. The Hall–Kier alpha value is -3.46. The average molecular weight is 399 g/mol. The first-order chi connectivity index (χ1) is 13.4. The van der Waals surface area contributed by atoms with Crippen molar-refractivity contribution in [2.45, 2.75) is 13.0 Å². The molecule has 0 aliphatic rings. The number of hydrogen-bond donors (Lipinski definition) is 2.